The van der Waals surface area contributed by atoms with E-state index in [9.17, 15) is 9.18 Å². The smallest absolute Gasteiger partial charge is 0.253 e. The summed E-state index contributed by atoms with van der Waals surface area (Å²) in [5.41, 5.74) is 0.182. The fourth-order valence-electron chi connectivity index (χ4n) is 1.76. The summed E-state index contributed by atoms with van der Waals surface area (Å²) in [7, 11) is 0. The van der Waals surface area contributed by atoms with Crippen LogP contribution in [0.5, 0.6) is 0 Å². The van der Waals surface area contributed by atoms with Gasteiger partial charge in [-0.25, -0.2) is 4.39 Å². The Morgan fingerprint density at radius 3 is 3.00 bits per heavy atom. The molecule has 1 amide bonds. The van der Waals surface area contributed by atoms with Crippen molar-refractivity contribution in [2.24, 2.45) is 0 Å². The van der Waals surface area contributed by atoms with Gasteiger partial charge in [0.1, 0.15) is 5.82 Å². The Kier molecular flexibility index (Phi) is 4.17. The van der Waals surface area contributed by atoms with Crippen molar-refractivity contribution >= 4 is 28.8 Å². The first-order valence-electron chi connectivity index (χ1n) is 6.23. The molecule has 0 fully saturated rings. The predicted molar refractivity (Wildman–Crippen MR) is 80.2 cm³/mol. The van der Waals surface area contributed by atoms with Crippen LogP contribution < -0.4 is 5.32 Å². The molecule has 0 saturated carbocycles. The van der Waals surface area contributed by atoms with Crippen molar-refractivity contribution < 1.29 is 13.7 Å². The van der Waals surface area contributed by atoms with Crippen LogP contribution in [0.2, 0.25) is 5.02 Å². The Hall–Kier alpha value is -2.25. The summed E-state index contributed by atoms with van der Waals surface area (Å²) in [6.45, 7) is 0.0604. The number of aromatic nitrogens is 2. The van der Waals surface area contributed by atoms with Crippen LogP contribution in [0.3, 0.4) is 0 Å². The molecule has 0 aliphatic rings. The number of amides is 1. The van der Waals surface area contributed by atoms with Crippen LogP contribution in [0, 0.1) is 5.82 Å². The lowest BCUT2D eigenvalue weighted by atomic mass is 10.2. The molecular weight excluding hydrogens is 329 g/mol. The quantitative estimate of drug-likeness (QED) is 0.791. The van der Waals surface area contributed by atoms with Gasteiger partial charge < -0.3 is 9.84 Å². The first-order valence-corrected chi connectivity index (χ1v) is 7.49. The normalized spacial score (nSPS) is 10.6. The van der Waals surface area contributed by atoms with Gasteiger partial charge >= 0.3 is 0 Å². The van der Waals surface area contributed by atoms with E-state index in [-0.39, 0.29) is 23.0 Å². The molecule has 0 aliphatic heterocycles. The summed E-state index contributed by atoms with van der Waals surface area (Å²) in [5, 5.41) is 8.38. The van der Waals surface area contributed by atoms with E-state index >= 15 is 0 Å². The minimum absolute atomic E-state index is 0.0438. The standard InChI is InChI=1S/C14H9ClFN3O2S/c15-10-6-8(16)3-4-9(10)14(20)17-7-12-18-13(19-21-12)11-2-1-5-22-11/h1-6H,7H2,(H,17,20). The van der Waals surface area contributed by atoms with Gasteiger partial charge in [0, 0.05) is 0 Å². The zero-order valence-electron chi connectivity index (χ0n) is 11.0. The van der Waals surface area contributed by atoms with E-state index in [0.29, 0.717) is 5.82 Å². The minimum Gasteiger partial charge on any atom is -0.343 e. The molecule has 22 heavy (non-hydrogen) atoms. The number of carbonyl (C=O) groups is 1. The molecule has 3 rings (SSSR count). The van der Waals surface area contributed by atoms with E-state index < -0.39 is 11.7 Å². The van der Waals surface area contributed by atoms with Crippen LogP contribution >= 0.6 is 22.9 Å². The van der Waals surface area contributed by atoms with Gasteiger partial charge in [-0.1, -0.05) is 22.8 Å². The lowest BCUT2D eigenvalue weighted by Gasteiger charge is -2.04. The van der Waals surface area contributed by atoms with E-state index in [2.05, 4.69) is 15.5 Å². The Morgan fingerprint density at radius 2 is 2.27 bits per heavy atom. The monoisotopic (exact) mass is 337 g/mol. The second-order valence-electron chi connectivity index (χ2n) is 4.30. The Morgan fingerprint density at radius 1 is 1.41 bits per heavy atom. The topological polar surface area (TPSA) is 68.0 Å². The lowest BCUT2D eigenvalue weighted by molar-refractivity contribution is 0.0946. The van der Waals surface area contributed by atoms with Gasteiger partial charge in [0.05, 0.1) is 22.0 Å². The van der Waals surface area contributed by atoms with E-state index in [4.69, 9.17) is 16.1 Å². The summed E-state index contributed by atoms with van der Waals surface area (Å²) in [5.74, 6) is -0.200. The van der Waals surface area contributed by atoms with Crippen LogP contribution in [-0.2, 0) is 6.54 Å². The number of benzene rings is 1. The average Bonchev–Trinajstić information content (AvgIpc) is 3.16. The molecule has 0 unspecified atom stereocenters. The first-order chi connectivity index (χ1) is 10.6. The van der Waals surface area contributed by atoms with Gasteiger partial charge in [-0.3, -0.25) is 4.79 Å². The number of hydrogen-bond donors (Lipinski definition) is 1. The van der Waals surface area contributed by atoms with Gasteiger partial charge in [0.15, 0.2) is 0 Å². The highest BCUT2D eigenvalue weighted by Crippen LogP contribution is 2.21. The summed E-state index contributed by atoms with van der Waals surface area (Å²) in [6.07, 6.45) is 0. The van der Waals surface area contributed by atoms with Crippen molar-refractivity contribution in [3.05, 3.63) is 58.0 Å². The van der Waals surface area contributed by atoms with Crippen LogP contribution in [0.1, 0.15) is 16.2 Å². The summed E-state index contributed by atoms with van der Waals surface area (Å²) in [6, 6.07) is 7.32. The minimum atomic E-state index is -0.501. The zero-order chi connectivity index (χ0) is 15.5. The number of rotatable bonds is 4. The van der Waals surface area contributed by atoms with Gasteiger partial charge in [0.2, 0.25) is 11.7 Å². The maximum atomic E-state index is 13.0. The molecule has 2 aromatic heterocycles. The van der Waals surface area contributed by atoms with Gasteiger partial charge in [0.25, 0.3) is 5.91 Å². The van der Waals surface area contributed by atoms with Crippen molar-refractivity contribution in [1.29, 1.82) is 0 Å². The maximum absolute atomic E-state index is 13.0. The second-order valence-corrected chi connectivity index (χ2v) is 5.65. The van der Waals surface area contributed by atoms with Crippen molar-refractivity contribution in [2.75, 3.05) is 0 Å². The molecule has 112 valence electrons. The predicted octanol–water partition coefficient (Wildman–Crippen LogP) is 3.52. The van der Waals surface area contributed by atoms with E-state index in [1.54, 1.807) is 0 Å². The highest BCUT2D eigenvalue weighted by Gasteiger charge is 2.13. The van der Waals surface area contributed by atoms with Crippen molar-refractivity contribution in [3.8, 4) is 10.7 Å². The largest absolute Gasteiger partial charge is 0.343 e. The number of nitrogens with one attached hydrogen (secondary N) is 1. The summed E-state index contributed by atoms with van der Waals surface area (Å²) >= 11 is 7.32. The average molecular weight is 338 g/mol. The Labute approximate surface area is 133 Å². The molecular formula is C14H9ClFN3O2S. The molecule has 0 radical (unpaired) electrons. The molecule has 0 aliphatic carbocycles. The Bertz CT molecular complexity index is 804. The van der Waals surface area contributed by atoms with Crippen molar-refractivity contribution in [3.63, 3.8) is 0 Å². The maximum Gasteiger partial charge on any atom is 0.253 e. The number of nitrogens with zero attached hydrogens (tertiary/aromatic N) is 2. The summed E-state index contributed by atoms with van der Waals surface area (Å²) < 4.78 is 18.0. The van der Waals surface area contributed by atoms with Crippen molar-refractivity contribution in [2.45, 2.75) is 6.54 Å². The molecule has 0 saturated heterocycles. The third kappa shape index (κ3) is 3.15. The van der Waals surface area contributed by atoms with Gasteiger partial charge in [-0.2, -0.15) is 4.98 Å². The zero-order valence-corrected chi connectivity index (χ0v) is 12.6. The summed E-state index contributed by atoms with van der Waals surface area (Å²) in [4.78, 5) is 17.0. The van der Waals surface area contributed by atoms with Gasteiger partial charge in [-0.15, -0.1) is 11.3 Å². The van der Waals surface area contributed by atoms with Crippen LogP contribution in [0.25, 0.3) is 10.7 Å². The van der Waals surface area contributed by atoms with Gasteiger partial charge in [-0.05, 0) is 29.6 Å². The van der Waals surface area contributed by atoms with E-state index in [1.807, 2.05) is 17.5 Å². The van der Waals surface area contributed by atoms with Crippen molar-refractivity contribution in [1.82, 2.24) is 15.5 Å². The molecule has 1 aromatic carbocycles. The molecule has 1 N–H and O–H groups in total. The third-order valence-corrected chi connectivity index (χ3v) is 3.96. The second kappa shape index (κ2) is 6.25. The number of carbonyl (C=O) groups excluding carboxylic acids is 1. The number of hydrogen-bond acceptors (Lipinski definition) is 5. The lowest BCUT2D eigenvalue weighted by Crippen LogP contribution is -2.23. The highest BCUT2D eigenvalue weighted by atomic mass is 35.5. The molecule has 0 spiro atoms. The molecule has 8 heteroatoms. The third-order valence-electron chi connectivity index (χ3n) is 2.79. The molecule has 2 heterocycles. The van der Waals surface area contributed by atoms with Crippen LogP contribution in [0.15, 0.2) is 40.2 Å². The van der Waals surface area contributed by atoms with E-state index in [1.165, 1.54) is 23.5 Å². The number of halogens is 2. The van der Waals surface area contributed by atoms with Crippen LogP contribution in [-0.4, -0.2) is 16.0 Å². The van der Waals surface area contributed by atoms with E-state index in [0.717, 1.165) is 10.9 Å². The molecule has 0 bridgehead atoms. The molecule has 5 nitrogen and oxygen atoms in total. The highest BCUT2D eigenvalue weighted by molar-refractivity contribution is 7.13. The molecule has 0 atom stereocenters. The fourth-order valence-corrected chi connectivity index (χ4v) is 2.66. The molecule has 3 aromatic rings. The SMILES string of the molecule is O=C(NCc1nc(-c2cccs2)no1)c1ccc(F)cc1Cl. The fraction of sp³-hybridized carbons (Fsp3) is 0.0714. The van der Waals surface area contributed by atoms with Crippen LogP contribution in [0.4, 0.5) is 4.39 Å². The number of thiophene rings is 1. The first kappa shape index (κ1) is 14.7. The Balaban J connectivity index is 1.66.